The molecule has 7 N–H and O–H groups in total. The average Bonchev–Trinajstić information content (AvgIpc) is 2.85. The van der Waals surface area contributed by atoms with Crippen molar-refractivity contribution >= 4 is 23.0 Å². The van der Waals surface area contributed by atoms with E-state index < -0.39 is 5.82 Å². The van der Waals surface area contributed by atoms with E-state index in [1.807, 2.05) is 0 Å². The molecule has 35 heavy (non-hydrogen) atoms. The highest BCUT2D eigenvalue weighted by Gasteiger charge is 2.11. The van der Waals surface area contributed by atoms with Crippen LogP contribution in [0.3, 0.4) is 0 Å². The van der Waals surface area contributed by atoms with Crippen LogP contribution in [0.2, 0.25) is 0 Å². The summed E-state index contributed by atoms with van der Waals surface area (Å²) in [4.78, 5) is 15.8. The van der Waals surface area contributed by atoms with Gasteiger partial charge in [0, 0.05) is 37.5 Å². The Morgan fingerprint density at radius 2 is 1.26 bits per heavy atom. The first kappa shape index (κ1) is 23.2. The highest BCUT2D eigenvalue weighted by atomic mass is 19.1. The molecule has 0 spiro atoms. The van der Waals surface area contributed by atoms with Gasteiger partial charge in [0.1, 0.15) is 34.5 Å². The van der Waals surface area contributed by atoms with Gasteiger partial charge in [-0.3, -0.25) is 9.78 Å². The van der Waals surface area contributed by atoms with E-state index in [0.29, 0.717) is 34.4 Å². The number of halogens is 1. The number of aromatic nitrogens is 1. The zero-order valence-corrected chi connectivity index (χ0v) is 18.6. The van der Waals surface area contributed by atoms with E-state index in [4.69, 9.17) is 31.4 Å². The molecule has 0 unspecified atom stereocenters. The summed E-state index contributed by atoms with van der Waals surface area (Å²) in [6.07, 6.45) is 1.47. The second kappa shape index (κ2) is 9.87. The van der Waals surface area contributed by atoms with Crippen LogP contribution in [-0.4, -0.2) is 17.9 Å². The Labute approximate surface area is 200 Å². The van der Waals surface area contributed by atoms with Crippen molar-refractivity contribution in [1.29, 1.82) is 0 Å². The van der Waals surface area contributed by atoms with E-state index in [1.165, 1.54) is 31.4 Å². The van der Waals surface area contributed by atoms with Gasteiger partial charge in [-0.15, -0.1) is 0 Å². The molecule has 0 atom stereocenters. The molecule has 178 valence electrons. The molecule has 3 aromatic carbocycles. The maximum absolute atomic E-state index is 13.8. The predicted octanol–water partition coefficient (Wildman–Crippen LogP) is 4.70. The minimum absolute atomic E-state index is 0.0107. The number of nitrogens with two attached hydrogens (primary N) is 3. The molecule has 0 saturated heterocycles. The summed E-state index contributed by atoms with van der Waals surface area (Å²) in [6, 6.07) is 16.9. The molecular formula is C25H22FN5O4. The third-order valence-electron chi connectivity index (χ3n) is 4.82. The third kappa shape index (κ3) is 5.50. The zero-order chi connectivity index (χ0) is 24.9. The van der Waals surface area contributed by atoms with Gasteiger partial charge < -0.3 is 36.7 Å². The van der Waals surface area contributed by atoms with Crippen LogP contribution in [0.1, 0.15) is 10.5 Å². The summed E-state index contributed by atoms with van der Waals surface area (Å²) in [5, 5.41) is 2.51. The van der Waals surface area contributed by atoms with Crippen LogP contribution in [0.5, 0.6) is 34.5 Å². The summed E-state index contributed by atoms with van der Waals surface area (Å²) in [7, 11) is 1.52. The lowest BCUT2D eigenvalue weighted by molar-refractivity contribution is 0.0958. The number of carbonyl (C=O) groups is 1. The first-order chi connectivity index (χ1) is 16.8. The molecule has 0 aliphatic rings. The van der Waals surface area contributed by atoms with Crippen molar-refractivity contribution < 1.29 is 23.4 Å². The van der Waals surface area contributed by atoms with E-state index in [2.05, 4.69) is 10.3 Å². The van der Waals surface area contributed by atoms with E-state index in [-0.39, 0.29) is 28.8 Å². The van der Waals surface area contributed by atoms with E-state index in [1.54, 1.807) is 42.5 Å². The van der Waals surface area contributed by atoms with Crippen LogP contribution in [0.4, 0.5) is 21.5 Å². The Bertz CT molecular complexity index is 1400. The number of nitrogen functional groups attached to an aromatic ring is 3. The molecule has 1 aromatic heterocycles. The summed E-state index contributed by atoms with van der Waals surface area (Å²) < 4.78 is 31.2. The fourth-order valence-electron chi connectivity index (χ4n) is 3.02. The summed E-state index contributed by atoms with van der Waals surface area (Å²) in [5.74, 6) is 1.08. The lowest BCUT2D eigenvalue weighted by atomic mass is 10.2. The quantitative estimate of drug-likeness (QED) is 0.281. The fourth-order valence-corrected chi connectivity index (χ4v) is 3.02. The van der Waals surface area contributed by atoms with Crippen LogP contribution >= 0.6 is 0 Å². The summed E-state index contributed by atoms with van der Waals surface area (Å²) in [5.41, 5.74) is 18.5. The normalized spacial score (nSPS) is 10.5. The van der Waals surface area contributed by atoms with E-state index in [0.717, 1.165) is 6.07 Å². The Morgan fingerprint density at radius 1 is 0.743 bits per heavy atom. The molecule has 0 radical (unpaired) electrons. The van der Waals surface area contributed by atoms with Gasteiger partial charge in [0.25, 0.3) is 5.91 Å². The van der Waals surface area contributed by atoms with E-state index >= 15 is 0 Å². The summed E-state index contributed by atoms with van der Waals surface area (Å²) >= 11 is 0. The minimum Gasteiger partial charge on any atom is -0.457 e. The number of anilines is 3. The fraction of sp³-hybridized carbons (Fsp3) is 0.0400. The van der Waals surface area contributed by atoms with Crippen molar-refractivity contribution in [3.8, 4) is 34.5 Å². The number of ether oxygens (including phenoxy) is 3. The molecule has 9 nitrogen and oxygen atoms in total. The van der Waals surface area contributed by atoms with Gasteiger partial charge in [-0.05, 0) is 42.5 Å². The van der Waals surface area contributed by atoms with Gasteiger partial charge >= 0.3 is 0 Å². The molecule has 4 aromatic rings. The molecule has 0 fully saturated rings. The number of amides is 1. The van der Waals surface area contributed by atoms with Crippen LogP contribution in [0.15, 0.2) is 72.9 Å². The topological polar surface area (TPSA) is 148 Å². The van der Waals surface area contributed by atoms with Crippen molar-refractivity contribution in [1.82, 2.24) is 10.3 Å². The number of hydrogen-bond acceptors (Lipinski definition) is 8. The number of pyridine rings is 1. The Kier molecular flexibility index (Phi) is 6.54. The van der Waals surface area contributed by atoms with Crippen molar-refractivity contribution in [3.63, 3.8) is 0 Å². The van der Waals surface area contributed by atoms with Crippen molar-refractivity contribution in [3.05, 3.63) is 84.4 Å². The second-order valence-electron chi connectivity index (χ2n) is 7.34. The molecule has 0 saturated carbocycles. The van der Waals surface area contributed by atoms with Gasteiger partial charge in [0.2, 0.25) is 0 Å². The first-order valence-electron chi connectivity index (χ1n) is 10.4. The zero-order valence-electron chi connectivity index (χ0n) is 18.6. The Hall–Kier alpha value is -4.99. The Morgan fingerprint density at radius 3 is 1.83 bits per heavy atom. The lowest BCUT2D eigenvalue weighted by Crippen LogP contribution is -2.18. The van der Waals surface area contributed by atoms with Crippen molar-refractivity contribution in [2.75, 3.05) is 24.2 Å². The smallest absolute Gasteiger partial charge is 0.269 e. The molecule has 1 amide bonds. The highest BCUT2D eigenvalue weighted by molar-refractivity contribution is 5.92. The molecule has 4 rings (SSSR count). The Balaban J connectivity index is 1.54. The number of nitrogens with zero attached hydrogens (tertiary/aromatic N) is 1. The first-order valence-corrected chi connectivity index (χ1v) is 10.4. The maximum atomic E-state index is 13.8. The van der Waals surface area contributed by atoms with Crippen molar-refractivity contribution in [2.24, 2.45) is 0 Å². The molecule has 0 bridgehead atoms. The standard InChI is InChI=1S/C25H22FN5O4/c1-30-25(32)22-11-17(8-9-31-22)33-15-3-6-20(28)23(12-15)35-16-4-7-21(29)24(13-16)34-14-2-5-19(27)18(26)10-14/h2-13H,27-29H2,1H3,(H,30,32). The van der Waals surface area contributed by atoms with Gasteiger partial charge in [-0.1, -0.05) is 0 Å². The average molecular weight is 475 g/mol. The third-order valence-corrected chi connectivity index (χ3v) is 4.82. The van der Waals surface area contributed by atoms with Crippen LogP contribution in [-0.2, 0) is 0 Å². The number of carbonyl (C=O) groups excluding carboxylic acids is 1. The van der Waals surface area contributed by atoms with Crippen LogP contribution < -0.4 is 36.7 Å². The molecular weight excluding hydrogens is 453 g/mol. The van der Waals surface area contributed by atoms with Gasteiger partial charge in [0.15, 0.2) is 11.5 Å². The SMILES string of the molecule is CNC(=O)c1cc(Oc2ccc(N)c(Oc3ccc(N)c(Oc4ccc(N)c(F)c4)c3)c2)ccn1. The van der Waals surface area contributed by atoms with Gasteiger partial charge in [-0.25, -0.2) is 4.39 Å². The summed E-state index contributed by atoms with van der Waals surface area (Å²) in [6.45, 7) is 0. The van der Waals surface area contributed by atoms with Crippen molar-refractivity contribution in [2.45, 2.75) is 0 Å². The number of nitrogens with one attached hydrogen (secondary N) is 1. The number of benzene rings is 3. The van der Waals surface area contributed by atoms with Gasteiger partial charge in [0.05, 0.1) is 17.1 Å². The lowest BCUT2D eigenvalue weighted by Gasteiger charge is -2.14. The molecule has 0 aliphatic heterocycles. The molecule has 0 aliphatic carbocycles. The maximum Gasteiger partial charge on any atom is 0.269 e. The minimum atomic E-state index is -0.602. The molecule has 1 heterocycles. The van der Waals surface area contributed by atoms with E-state index in [9.17, 15) is 9.18 Å². The number of rotatable bonds is 7. The number of hydrogen-bond donors (Lipinski definition) is 4. The molecule has 10 heteroatoms. The predicted molar refractivity (Wildman–Crippen MR) is 130 cm³/mol. The van der Waals surface area contributed by atoms with Gasteiger partial charge in [-0.2, -0.15) is 0 Å². The van der Waals surface area contributed by atoms with Crippen LogP contribution in [0, 0.1) is 5.82 Å². The largest absolute Gasteiger partial charge is 0.457 e. The second-order valence-corrected chi connectivity index (χ2v) is 7.34. The monoisotopic (exact) mass is 475 g/mol. The van der Waals surface area contributed by atoms with Crippen LogP contribution in [0.25, 0.3) is 0 Å². The highest BCUT2D eigenvalue weighted by Crippen LogP contribution is 2.37.